The van der Waals surface area contributed by atoms with Crippen molar-refractivity contribution in [2.45, 2.75) is 32.1 Å². The van der Waals surface area contributed by atoms with Crippen LogP contribution in [-0.4, -0.2) is 24.8 Å². The standard InChI is InChI=1S/C16H21NO2S/c18-15-7-10-19-14-6-2-1-5-13(14)17(15)11-16(12-20)8-3-4-9-16/h1-2,5-6,20H,3-4,7-12H2. The monoisotopic (exact) mass is 291 g/mol. The van der Waals surface area contributed by atoms with Crippen molar-refractivity contribution in [1.29, 1.82) is 0 Å². The highest BCUT2D eigenvalue weighted by molar-refractivity contribution is 7.80. The normalized spacial score (nSPS) is 21.2. The van der Waals surface area contributed by atoms with Crippen molar-refractivity contribution in [3.05, 3.63) is 24.3 Å². The van der Waals surface area contributed by atoms with Crippen molar-refractivity contribution in [1.82, 2.24) is 0 Å². The Morgan fingerprint density at radius 2 is 2.00 bits per heavy atom. The first-order valence-corrected chi connectivity index (χ1v) is 8.00. The number of benzene rings is 1. The van der Waals surface area contributed by atoms with E-state index in [2.05, 4.69) is 12.6 Å². The summed E-state index contributed by atoms with van der Waals surface area (Å²) in [6, 6.07) is 7.86. The summed E-state index contributed by atoms with van der Waals surface area (Å²) in [4.78, 5) is 14.4. The van der Waals surface area contributed by atoms with E-state index >= 15 is 0 Å². The minimum absolute atomic E-state index is 0.169. The fourth-order valence-electron chi connectivity index (χ4n) is 3.32. The second-order valence-electron chi connectivity index (χ2n) is 5.91. The fraction of sp³-hybridized carbons (Fsp3) is 0.562. The second kappa shape index (κ2) is 5.68. The molecule has 1 saturated carbocycles. The summed E-state index contributed by atoms with van der Waals surface area (Å²) in [5.74, 6) is 1.84. The molecule has 1 amide bonds. The maximum Gasteiger partial charge on any atom is 0.230 e. The quantitative estimate of drug-likeness (QED) is 0.866. The van der Waals surface area contributed by atoms with Crippen LogP contribution in [-0.2, 0) is 4.79 Å². The maximum atomic E-state index is 12.4. The van der Waals surface area contributed by atoms with Crippen LogP contribution in [0, 0.1) is 5.41 Å². The number of anilines is 1. The molecule has 0 N–H and O–H groups in total. The number of amides is 1. The third-order valence-corrected chi connectivity index (χ3v) is 5.19. The molecule has 1 fully saturated rings. The van der Waals surface area contributed by atoms with Crippen molar-refractivity contribution >= 4 is 24.2 Å². The van der Waals surface area contributed by atoms with Gasteiger partial charge in [0.15, 0.2) is 0 Å². The number of hydrogen-bond donors (Lipinski definition) is 1. The van der Waals surface area contributed by atoms with E-state index in [0.29, 0.717) is 13.0 Å². The first-order chi connectivity index (χ1) is 9.74. The number of carbonyl (C=O) groups is 1. The summed E-state index contributed by atoms with van der Waals surface area (Å²) >= 11 is 4.56. The number of thiol groups is 1. The topological polar surface area (TPSA) is 29.5 Å². The third-order valence-electron chi connectivity index (χ3n) is 4.52. The van der Waals surface area contributed by atoms with Gasteiger partial charge < -0.3 is 9.64 Å². The Morgan fingerprint density at radius 3 is 2.75 bits per heavy atom. The van der Waals surface area contributed by atoms with Gasteiger partial charge in [-0.3, -0.25) is 4.79 Å². The lowest BCUT2D eigenvalue weighted by atomic mass is 9.87. The van der Waals surface area contributed by atoms with Gasteiger partial charge in [0.2, 0.25) is 5.91 Å². The zero-order valence-corrected chi connectivity index (χ0v) is 12.6. The van der Waals surface area contributed by atoms with Crippen LogP contribution in [0.5, 0.6) is 5.75 Å². The molecule has 20 heavy (non-hydrogen) atoms. The van der Waals surface area contributed by atoms with Crippen LogP contribution in [0.2, 0.25) is 0 Å². The molecule has 0 atom stereocenters. The third kappa shape index (κ3) is 2.53. The summed E-state index contributed by atoms with van der Waals surface area (Å²) in [7, 11) is 0. The Bertz CT molecular complexity index is 497. The molecule has 0 radical (unpaired) electrons. The molecule has 3 rings (SSSR count). The zero-order chi connectivity index (χ0) is 14.0. The lowest BCUT2D eigenvalue weighted by molar-refractivity contribution is -0.119. The van der Waals surface area contributed by atoms with Crippen LogP contribution in [0.1, 0.15) is 32.1 Å². The van der Waals surface area contributed by atoms with Crippen molar-refractivity contribution < 1.29 is 9.53 Å². The molecule has 1 aliphatic carbocycles. The highest BCUT2D eigenvalue weighted by Crippen LogP contribution is 2.42. The Hall–Kier alpha value is -1.16. The largest absolute Gasteiger partial charge is 0.491 e. The molecule has 0 bridgehead atoms. The number of fused-ring (bicyclic) bond motifs is 1. The van der Waals surface area contributed by atoms with Gasteiger partial charge in [0.05, 0.1) is 18.7 Å². The molecule has 0 spiro atoms. The average molecular weight is 291 g/mol. The highest BCUT2D eigenvalue weighted by Gasteiger charge is 2.37. The Kier molecular flexibility index (Phi) is 3.92. The van der Waals surface area contributed by atoms with E-state index in [1.54, 1.807) is 0 Å². The molecule has 1 aromatic carbocycles. The molecule has 1 heterocycles. The van der Waals surface area contributed by atoms with Crippen molar-refractivity contribution in [2.24, 2.45) is 5.41 Å². The van der Waals surface area contributed by atoms with E-state index in [1.807, 2.05) is 29.2 Å². The Morgan fingerprint density at radius 1 is 1.25 bits per heavy atom. The summed E-state index contributed by atoms with van der Waals surface area (Å²) in [6.45, 7) is 1.25. The summed E-state index contributed by atoms with van der Waals surface area (Å²) in [6.07, 6.45) is 5.30. The summed E-state index contributed by atoms with van der Waals surface area (Å²) in [5, 5.41) is 0. The van der Waals surface area contributed by atoms with Crippen LogP contribution in [0.15, 0.2) is 24.3 Å². The Labute approximate surface area is 125 Å². The molecule has 3 nitrogen and oxygen atoms in total. The van der Waals surface area contributed by atoms with Gasteiger partial charge in [-0.25, -0.2) is 0 Å². The smallest absolute Gasteiger partial charge is 0.230 e. The predicted molar refractivity (Wildman–Crippen MR) is 83.7 cm³/mol. The van der Waals surface area contributed by atoms with Gasteiger partial charge in [0.1, 0.15) is 5.75 Å². The molecular formula is C16H21NO2S. The molecule has 0 saturated heterocycles. The number of carbonyl (C=O) groups excluding carboxylic acids is 1. The van der Waals surface area contributed by atoms with Crippen LogP contribution in [0.25, 0.3) is 0 Å². The summed E-state index contributed by atoms with van der Waals surface area (Å²) < 4.78 is 5.70. The predicted octanol–water partition coefficient (Wildman–Crippen LogP) is 3.29. The van der Waals surface area contributed by atoms with E-state index in [9.17, 15) is 4.79 Å². The molecule has 0 aromatic heterocycles. The van der Waals surface area contributed by atoms with Crippen LogP contribution in [0.4, 0.5) is 5.69 Å². The van der Waals surface area contributed by atoms with Crippen molar-refractivity contribution in [3.63, 3.8) is 0 Å². The van der Waals surface area contributed by atoms with Gasteiger partial charge in [0, 0.05) is 6.54 Å². The van der Waals surface area contributed by atoms with Crippen molar-refractivity contribution in [3.8, 4) is 5.75 Å². The number of nitrogens with zero attached hydrogens (tertiary/aromatic N) is 1. The SMILES string of the molecule is O=C1CCOc2ccccc2N1CC1(CS)CCCC1. The number of rotatable bonds is 3. The van der Waals surface area contributed by atoms with Crippen LogP contribution < -0.4 is 9.64 Å². The van der Waals surface area contributed by atoms with Gasteiger partial charge >= 0.3 is 0 Å². The fourth-order valence-corrected chi connectivity index (χ4v) is 3.74. The minimum atomic E-state index is 0.169. The number of ether oxygens (including phenoxy) is 1. The first kappa shape index (κ1) is 13.8. The van der Waals surface area contributed by atoms with E-state index < -0.39 is 0 Å². The van der Waals surface area contributed by atoms with Gasteiger partial charge in [-0.15, -0.1) is 0 Å². The van der Waals surface area contributed by atoms with Crippen molar-refractivity contribution in [2.75, 3.05) is 23.8 Å². The molecule has 108 valence electrons. The molecule has 4 heteroatoms. The number of para-hydroxylation sites is 2. The van der Waals surface area contributed by atoms with E-state index in [1.165, 1.54) is 25.7 Å². The molecular weight excluding hydrogens is 270 g/mol. The molecule has 1 aromatic rings. The van der Waals surface area contributed by atoms with E-state index in [4.69, 9.17) is 4.74 Å². The summed E-state index contributed by atoms with van der Waals surface area (Å²) in [5.41, 5.74) is 1.10. The van der Waals surface area contributed by atoms with Gasteiger partial charge in [-0.2, -0.15) is 12.6 Å². The van der Waals surface area contributed by atoms with Crippen LogP contribution in [0.3, 0.4) is 0 Å². The first-order valence-electron chi connectivity index (χ1n) is 7.37. The number of hydrogen-bond acceptors (Lipinski definition) is 3. The van der Waals surface area contributed by atoms with Crippen LogP contribution >= 0.6 is 12.6 Å². The minimum Gasteiger partial charge on any atom is -0.491 e. The van der Waals surface area contributed by atoms with E-state index in [-0.39, 0.29) is 11.3 Å². The lowest BCUT2D eigenvalue weighted by Crippen LogP contribution is -2.41. The van der Waals surface area contributed by atoms with Gasteiger partial charge in [-0.1, -0.05) is 25.0 Å². The lowest BCUT2D eigenvalue weighted by Gasteiger charge is -2.34. The molecule has 1 aliphatic heterocycles. The average Bonchev–Trinajstić information content (AvgIpc) is 2.88. The molecule has 2 aliphatic rings. The van der Waals surface area contributed by atoms with Gasteiger partial charge in [-0.05, 0) is 36.1 Å². The highest BCUT2D eigenvalue weighted by atomic mass is 32.1. The second-order valence-corrected chi connectivity index (χ2v) is 6.23. The van der Waals surface area contributed by atoms with Gasteiger partial charge in [0.25, 0.3) is 0 Å². The van der Waals surface area contributed by atoms with E-state index in [0.717, 1.165) is 23.7 Å². The maximum absolute atomic E-state index is 12.4. The Balaban J connectivity index is 1.92. The zero-order valence-electron chi connectivity index (χ0n) is 11.7. The molecule has 0 unspecified atom stereocenters.